The van der Waals surface area contributed by atoms with Crippen LogP contribution in [0.25, 0.3) is 0 Å². The summed E-state index contributed by atoms with van der Waals surface area (Å²) in [7, 11) is 0. The molecule has 0 aromatic heterocycles. The van der Waals surface area contributed by atoms with Crippen molar-refractivity contribution in [1.82, 2.24) is 5.32 Å². The maximum Gasteiger partial charge on any atom is 0.303 e. The lowest BCUT2D eigenvalue weighted by atomic mass is 10.1. The van der Waals surface area contributed by atoms with Crippen LogP contribution < -0.4 is 10.1 Å². The third-order valence-electron chi connectivity index (χ3n) is 3.22. The normalized spacial score (nSPS) is 10.2. The molecule has 0 spiro atoms. The Balaban J connectivity index is 2.13. The van der Waals surface area contributed by atoms with Gasteiger partial charge in [-0.3, -0.25) is 9.59 Å². The molecule has 0 unspecified atom stereocenters. The van der Waals surface area contributed by atoms with E-state index >= 15 is 0 Å². The largest absolute Gasteiger partial charge is 0.493 e. The van der Waals surface area contributed by atoms with Crippen LogP contribution in [0.1, 0.15) is 36.8 Å². The fourth-order valence-corrected chi connectivity index (χ4v) is 1.78. The molecule has 0 radical (unpaired) electrons. The Morgan fingerprint density at radius 2 is 1.90 bits per heavy atom. The number of carboxylic acids is 1. The molecule has 1 aromatic carbocycles. The standard InChI is InChI=1S/C16H23NO4/c1-12-6-7-14(11-13(12)2)21-10-8-15(18)17-9-4-3-5-16(19)20/h6-7,11H,3-5,8-10H2,1-2H3,(H,17,18)(H,19,20). The highest BCUT2D eigenvalue weighted by Crippen LogP contribution is 2.16. The number of ether oxygens (including phenoxy) is 1. The molecule has 1 rings (SSSR count). The number of aryl methyl sites for hydroxylation is 2. The lowest BCUT2D eigenvalue weighted by Gasteiger charge is -2.08. The summed E-state index contributed by atoms with van der Waals surface area (Å²) in [4.78, 5) is 21.9. The third-order valence-corrected chi connectivity index (χ3v) is 3.22. The van der Waals surface area contributed by atoms with Crippen LogP contribution in [-0.2, 0) is 9.59 Å². The van der Waals surface area contributed by atoms with Crippen LogP contribution in [0.15, 0.2) is 18.2 Å². The van der Waals surface area contributed by atoms with E-state index in [1.807, 2.05) is 32.0 Å². The molecule has 5 heteroatoms. The number of carbonyl (C=O) groups excluding carboxylic acids is 1. The van der Waals surface area contributed by atoms with E-state index in [1.165, 1.54) is 5.56 Å². The zero-order chi connectivity index (χ0) is 15.7. The monoisotopic (exact) mass is 293 g/mol. The van der Waals surface area contributed by atoms with Crippen molar-refractivity contribution in [1.29, 1.82) is 0 Å². The number of hydrogen-bond acceptors (Lipinski definition) is 3. The van der Waals surface area contributed by atoms with Gasteiger partial charge in [0, 0.05) is 13.0 Å². The molecule has 0 saturated carbocycles. The van der Waals surface area contributed by atoms with E-state index in [-0.39, 0.29) is 12.3 Å². The molecule has 2 N–H and O–H groups in total. The SMILES string of the molecule is Cc1ccc(OCCC(=O)NCCCCC(=O)O)cc1C. The van der Waals surface area contributed by atoms with E-state index in [2.05, 4.69) is 5.32 Å². The first-order chi connectivity index (χ1) is 9.99. The van der Waals surface area contributed by atoms with Gasteiger partial charge in [0.15, 0.2) is 0 Å². The zero-order valence-electron chi connectivity index (χ0n) is 12.6. The number of benzene rings is 1. The topological polar surface area (TPSA) is 75.6 Å². The van der Waals surface area contributed by atoms with Crippen molar-refractivity contribution in [2.45, 2.75) is 39.5 Å². The third kappa shape index (κ3) is 7.34. The van der Waals surface area contributed by atoms with Crippen molar-refractivity contribution in [3.63, 3.8) is 0 Å². The van der Waals surface area contributed by atoms with Crippen molar-refractivity contribution in [3.05, 3.63) is 29.3 Å². The quantitative estimate of drug-likeness (QED) is 0.686. The van der Waals surface area contributed by atoms with Crippen LogP contribution in [-0.4, -0.2) is 30.1 Å². The molecule has 0 heterocycles. The number of amides is 1. The smallest absolute Gasteiger partial charge is 0.303 e. The summed E-state index contributed by atoms with van der Waals surface area (Å²) >= 11 is 0. The van der Waals surface area contributed by atoms with Gasteiger partial charge >= 0.3 is 5.97 Å². The Labute approximate surface area is 125 Å². The van der Waals surface area contributed by atoms with Crippen molar-refractivity contribution in [3.8, 4) is 5.75 Å². The number of carbonyl (C=O) groups is 2. The number of hydrogen-bond donors (Lipinski definition) is 2. The number of nitrogens with one attached hydrogen (secondary N) is 1. The van der Waals surface area contributed by atoms with Gasteiger partial charge in [0.2, 0.25) is 5.91 Å². The van der Waals surface area contributed by atoms with Gasteiger partial charge in [-0.15, -0.1) is 0 Å². The van der Waals surface area contributed by atoms with Gasteiger partial charge in [-0.25, -0.2) is 0 Å². The molecule has 0 saturated heterocycles. The van der Waals surface area contributed by atoms with E-state index in [4.69, 9.17) is 9.84 Å². The lowest BCUT2D eigenvalue weighted by molar-refractivity contribution is -0.137. The van der Waals surface area contributed by atoms with Crippen LogP contribution in [0.2, 0.25) is 0 Å². The Kier molecular flexibility index (Phi) is 7.29. The summed E-state index contributed by atoms with van der Waals surface area (Å²) < 4.78 is 5.53. The number of carboxylic acid groups (broad SMARTS) is 1. The highest BCUT2D eigenvalue weighted by atomic mass is 16.5. The van der Waals surface area contributed by atoms with E-state index in [9.17, 15) is 9.59 Å². The molecular weight excluding hydrogens is 270 g/mol. The summed E-state index contributed by atoms with van der Waals surface area (Å²) in [6.45, 7) is 4.90. The van der Waals surface area contributed by atoms with Gasteiger partial charge in [-0.1, -0.05) is 6.07 Å². The summed E-state index contributed by atoms with van der Waals surface area (Å²) in [5.41, 5.74) is 2.37. The van der Waals surface area contributed by atoms with Crippen LogP contribution in [0.5, 0.6) is 5.75 Å². The molecule has 0 aliphatic carbocycles. The predicted molar refractivity (Wildman–Crippen MR) is 80.5 cm³/mol. The van der Waals surface area contributed by atoms with Crippen molar-refractivity contribution in [2.75, 3.05) is 13.2 Å². The molecular formula is C16H23NO4. The number of rotatable bonds is 9. The van der Waals surface area contributed by atoms with Gasteiger partial charge in [0.05, 0.1) is 13.0 Å². The van der Waals surface area contributed by atoms with Gasteiger partial charge in [-0.2, -0.15) is 0 Å². The van der Waals surface area contributed by atoms with E-state index in [0.29, 0.717) is 32.4 Å². The molecule has 0 aliphatic heterocycles. The fraction of sp³-hybridized carbons (Fsp3) is 0.500. The highest BCUT2D eigenvalue weighted by molar-refractivity contribution is 5.75. The second-order valence-electron chi connectivity index (χ2n) is 5.05. The fourth-order valence-electron chi connectivity index (χ4n) is 1.78. The minimum absolute atomic E-state index is 0.0749. The second-order valence-corrected chi connectivity index (χ2v) is 5.05. The summed E-state index contributed by atoms with van der Waals surface area (Å²) in [5, 5.41) is 11.2. The summed E-state index contributed by atoms with van der Waals surface area (Å²) in [5.74, 6) is -0.107. The first-order valence-corrected chi connectivity index (χ1v) is 7.17. The molecule has 0 bridgehead atoms. The van der Waals surface area contributed by atoms with Crippen molar-refractivity contribution < 1.29 is 19.4 Å². The maximum absolute atomic E-state index is 11.5. The van der Waals surface area contributed by atoms with Gasteiger partial charge < -0.3 is 15.2 Å². The minimum atomic E-state index is -0.803. The molecule has 1 amide bonds. The predicted octanol–water partition coefficient (Wildman–Crippen LogP) is 2.44. The van der Waals surface area contributed by atoms with Gasteiger partial charge in [0.25, 0.3) is 0 Å². The average Bonchev–Trinajstić information content (AvgIpc) is 2.42. The zero-order valence-corrected chi connectivity index (χ0v) is 12.6. The van der Waals surface area contributed by atoms with Crippen LogP contribution >= 0.6 is 0 Å². The van der Waals surface area contributed by atoms with E-state index < -0.39 is 5.97 Å². The summed E-state index contributed by atoms with van der Waals surface area (Å²) in [6, 6.07) is 5.85. The second kappa shape index (κ2) is 9.00. The Bertz CT molecular complexity index is 485. The number of unbranched alkanes of at least 4 members (excludes halogenated alkanes) is 1. The summed E-state index contributed by atoms with van der Waals surface area (Å²) in [6.07, 6.45) is 1.70. The van der Waals surface area contributed by atoms with Crippen molar-refractivity contribution in [2.24, 2.45) is 0 Å². The number of aliphatic carboxylic acids is 1. The molecule has 21 heavy (non-hydrogen) atoms. The minimum Gasteiger partial charge on any atom is -0.493 e. The average molecular weight is 293 g/mol. The Morgan fingerprint density at radius 3 is 2.57 bits per heavy atom. The molecule has 0 fully saturated rings. The first kappa shape index (κ1) is 17.0. The molecule has 0 aliphatic rings. The van der Waals surface area contributed by atoms with E-state index in [0.717, 1.165) is 11.3 Å². The van der Waals surface area contributed by atoms with Crippen LogP contribution in [0.3, 0.4) is 0 Å². The van der Waals surface area contributed by atoms with Gasteiger partial charge in [0.1, 0.15) is 5.75 Å². The van der Waals surface area contributed by atoms with E-state index in [1.54, 1.807) is 0 Å². The van der Waals surface area contributed by atoms with Gasteiger partial charge in [-0.05, 0) is 49.9 Å². The Morgan fingerprint density at radius 1 is 1.14 bits per heavy atom. The molecule has 0 atom stereocenters. The molecule has 116 valence electrons. The maximum atomic E-state index is 11.5. The van der Waals surface area contributed by atoms with Crippen LogP contribution in [0, 0.1) is 13.8 Å². The van der Waals surface area contributed by atoms with Crippen molar-refractivity contribution >= 4 is 11.9 Å². The Hall–Kier alpha value is -2.04. The first-order valence-electron chi connectivity index (χ1n) is 7.17. The molecule has 1 aromatic rings. The lowest BCUT2D eigenvalue weighted by Crippen LogP contribution is -2.26. The highest BCUT2D eigenvalue weighted by Gasteiger charge is 2.03. The van der Waals surface area contributed by atoms with Crippen LogP contribution in [0.4, 0.5) is 0 Å². The molecule has 5 nitrogen and oxygen atoms in total.